The summed E-state index contributed by atoms with van der Waals surface area (Å²) in [6.45, 7) is 3.58. The monoisotopic (exact) mass is 429 g/mol. The van der Waals surface area contributed by atoms with E-state index in [1.807, 2.05) is 0 Å². The van der Waals surface area contributed by atoms with Gasteiger partial charge in [-0.25, -0.2) is 9.59 Å². The van der Waals surface area contributed by atoms with Crippen molar-refractivity contribution in [2.45, 2.75) is 13.8 Å². The Morgan fingerprint density at radius 1 is 1.07 bits per heavy atom. The van der Waals surface area contributed by atoms with E-state index in [1.165, 1.54) is 12.1 Å². The van der Waals surface area contributed by atoms with Crippen molar-refractivity contribution in [2.75, 3.05) is 19.8 Å². The van der Waals surface area contributed by atoms with Crippen LogP contribution in [0.4, 0.5) is 0 Å². The first-order chi connectivity index (χ1) is 14.5. The normalized spacial score (nSPS) is 10.7. The number of hydrogen-bond donors (Lipinski definition) is 0. The van der Waals surface area contributed by atoms with Gasteiger partial charge in [0.2, 0.25) is 0 Å². The number of nitriles is 1. The molecule has 0 atom stereocenters. The molecule has 0 aliphatic heterocycles. The first kappa shape index (κ1) is 22.8. The third-order valence-corrected chi connectivity index (χ3v) is 3.81. The summed E-state index contributed by atoms with van der Waals surface area (Å²) >= 11 is 5.88. The van der Waals surface area contributed by atoms with Gasteiger partial charge in [-0.15, -0.1) is 0 Å². The standard InChI is InChI=1S/C22H20ClNO6/c1-3-27-20-11-15(10-16(13-24)22(26)28-4-2)8-9-19(20)30-21(25)14-29-18-7-5-6-17(23)12-18/h5-12H,3-4,14H2,1-2H3/b16-10+. The quantitative estimate of drug-likeness (QED) is 0.255. The molecule has 2 aromatic carbocycles. The zero-order valence-electron chi connectivity index (χ0n) is 16.5. The van der Waals surface area contributed by atoms with Crippen molar-refractivity contribution in [3.63, 3.8) is 0 Å². The van der Waals surface area contributed by atoms with E-state index in [9.17, 15) is 9.59 Å². The highest BCUT2D eigenvalue weighted by Gasteiger charge is 2.14. The van der Waals surface area contributed by atoms with Crippen molar-refractivity contribution in [3.05, 3.63) is 58.6 Å². The van der Waals surface area contributed by atoms with Crippen molar-refractivity contribution in [1.82, 2.24) is 0 Å². The highest BCUT2D eigenvalue weighted by Crippen LogP contribution is 2.30. The summed E-state index contributed by atoms with van der Waals surface area (Å²) in [7, 11) is 0. The van der Waals surface area contributed by atoms with Crippen LogP contribution in [-0.4, -0.2) is 31.8 Å². The number of rotatable bonds is 9. The number of ether oxygens (including phenoxy) is 4. The van der Waals surface area contributed by atoms with Crippen molar-refractivity contribution in [1.29, 1.82) is 5.26 Å². The molecule has 2 rings (SSSR count). The number of carbonyl (C=O) groups is 2. The van der Waals surface area contributed by atoms with Gasteiger partial charge in [0.1, 0.15) is 17.4 Å². The smallest absolute Gasteiger partial charge is 0.349 e. The molecule has 7 nitrogen and oxygen atoms in total. The maximum atomic E-state index is 12.1. The maximum absolute atomic E-state index is 12.1. The molecule has 0 bridgehead atoms. The number of halogens is 1. The fraction of sp³-hybridized carbons (Fsp3) is 0.227. The van der Waals surface area contributed by atoms with E-state index >= 15 is 0 Å². The SMILES string of the molecule is CCOC(=O)/C(C#N)=C/c1ccc(OC(=O)COc2cccc(Cl)c2)c(OCC)c1. The molecule has 156 valence electrons. The average molecular weight is 430 g/mol. The van der Waals surface area contributed by atoms with Crippen LogP contribution in [0.3, 0.4) is 0 Å². The largest absolute Gasteiger partial charge is 0.490 e. The average Bonchev–Trinajstić information content (AvgIpc) is 2.72. The Hall–Kier alpha value is -3.50. The summed E-state index contributed by atoms with van der Waals surface area (Å²) in [5.41, 5.74) is 0.358. The molecular weight excluding hydrogens is 410 g/mol. The molecule has 0 heterocycles. The minimum atomic E-state index is -0.716. The first-order valence-electron chi connectivity index (χ1n) is 9.11. The maximum Gasteiger partial charge on any atom is 0.349 e. The van der Waals surface area contributed by atoms with Gasteiger partial charge in [0.15, 0.2) is 18.1 Å². The van der Waals surface area contributed by atoms with Gasteiger partial charge in [-0.3, -0.25) is 0 Å². The lowest BCUT2D eigenvalue weighted by Crippen LogP contribution is -2.18. The highest BCUT2D eigenvalue weighted by atomic mass is 35.5. The predicted molar refractivity (Wildman–Crippen MR) is 110 cm³/mol. The molecule has 0 aliphatic carbocycles. The number of nitrogens with zero attached hydrogens (tertiary/aromatic N) is 1. The van der Waals surface area contributed by atoms with E-state index in [-0.39, 0.29) is 30.3 Å². The molecule has 0 spiro atoms. The molecule has 0 unspecified atom stereocenters. The number of carbonyl (C=O) groups excluding carboxylic acids is 2. The molecule has 30 heavy (non-hydrogen) atoms. The van der Waals surface area contributed by atoms with Gasteiger partial charge >= 0.3 is 11.9 Å². The fourth-order valence-electron chi connectivity index (χ4n) is 2.33. The Balaban J connectivity index is 2.13. The van der Waals surface area contributed by atoms with E-state index in [4.69, 9.17) is 35.8 Å². The summed E-state index contributed by atoms with van der Waals surface area (Å²) < 4.78 is 21.0. The van der Waals surface area contributed by atoms with E-state index < -0.39 is 11.9 Å². The van der Waals surface area contributed by atoms with Crippen LogP contribution in [0.2, 0.25) is 5.02 Å². The van der Waals surface area contributed by atoms with Crippen LogP contribution in [0, 0.1) is 11.3 Å². The van der Waals surface area contributed by atoms with Gasteiger partial charge in [0.25, 0.3) is 0 Å². The van der Waals surface area contributed by atoms with Crippen LogP contribution in [-0.2, 0) is 14.3 Å². The Labute approximate surface area is 179 Å². The van der Waals surface area contributed by atoms with Crippen molar-refractivity contribution in [3.8, 4) is 23.3 Å². The zero-order valence-corrected chi connectivity index (χ0v) is 17.3. The van der Waals surface area contributed by atoms with Crippen molar-refractivity contribution in [2.24, 2.45) is 0 Å². The molecule has 0 aliphatic rings. The lowest BCUT2D eigenvalue weighted by molar-refractivity contribution is -0.138. The Morgan fingerprint density at radius 2 is 1.87 bits per heavy atom. The second-order valence-electron chi connectivity index (χ2n) is 5.75. The summed E-state index contributed by atoms with van der Waals surface area (Å²) in [5, 5.41) is 9.65. The molecule has 0 fully saturated rings. The van der Waals surface area contributed by atoms with Gasteiger partial charge in [0, 0.05) is 5.02 Å². The number of esters is 2. The van der Waals surface area contributed by atoms with Crippen molar-refractivity contribution < 1.29 is 28.5 Å². The summed E-state index contributed by atoms with van der Waals surface area (Å²) in [6.07, 6.45) is 1.37. The Morgan fingerprint density at radius 3 is 2.53 bits per heavy atom. The third kappa shape index (κ3) is 6.83. The molecule has 0 aromatic heterocycles. The molecule has 8 heteroatoms. The van der Waals surface area contributed by atoms with E-state index in [0.717, 1.165) is 0 Å². The number of hydrogen-bond acceptors (Lipinski definition) is 7. The van der Waals surface area contributed by atoms with Crippen LogP contribution < -0.4 is 14.2 Å². The summed E-state index contributed by atoms with van der Waals surface area (Å²) in [5.74, 6) is -0.449. The fourth-order valence-corrected chi connectivity index (χ4v) is 2.51. The predicted octanol–water partition coefficient (Wildman–Crippen LogP) is 4.19. The molecule has 0 saturated carbocycles. The first-order valence-corrected chi connectivity index (χ1v) is 9.49. The topological polar surface area (TPSA) is 94.9 Å². The second-order valence-corrected chi connectivity index (χ2v) is 6.19. The highest BCUT2D eigenvalue weighted by molar-refractivity contribution is 6.30. The molecule has 0 radical (unpaired) electrons. The van der Waals surface area contributed by atoms with Crippen molar-refractivity contribution >= 4 is 29.6 Å². The van der Waals surface area contributed by atoms with E-state index in [0.29, 0.717) is 22.9 Å². The third-order valence-electron chi connectivity index (χ3n) is 3.57. The van der Waals surface area contributed by atoms with E-state index in [2.05, 4.69) is 0 Å². The summed E-state index contributed by atoms with van der Waals surface area (Å²) in [6, 6.07) is 13.1. The molecule has 0 amide bonds. The van der Waals surface area contributed by atoms with Crippen LogP contribution in [0.5, 0.6) is 17.2 Å². The van der Waals surface area contributed by atoms with Gasteiger partial charge < -0.3 is 18.9 Å². The van der Waals surface area contributed by atoms with E-state index in [1.54, 1.807) is 56.3 Å². The van der Waals surface area contributed by atoms with Gasteiger partial charge in [-0.2, -0.15) is 5.26 Å². The molecule has 2 aromatic rings. The van der Waals surface area contributed by atoms with Gasteiger partial charge in [0.05, 0.1) is 13.2 Å². The van der Waals surface area contributed by atoms with Crippen LogP contribution >= 0.6 is 11.6 Å². The van der Waals surface area contributed by atoms with Crippen LogP contribution in [0.15, 0.2) is 48.0 Å². The van der Waals surface area contributed by atoms with Crippen LogP contribution in [0.1, 0.15) is 19.4 Å². The zero-order chi connectivity index (χ0) is 21.9. The number of benzene rings is 2. The Kier molecular flexibility index (Phi) is 8.73. The Bertz CT molecular complexity index is 980. The lowest BCUT2D eigenvalue weighted by atomic mass is 10.1. The second kappa shape index (κ2) is 11.5. The molecule has 0 N–H and O–H groups in total. The minimum Gasteiger partial charge on any atom is -0.490 e. The molecular formula is C22H20ClNO6. The molecule has 0 saturated heterocycles. The van der Waals surface area contributed by atoms with Gasteiger partial charge in [-0.1, -0.05) is 23.7 Å². The minimum absolute atomic E-state index is 0.154. The van der Waals surface area contributed by atoms with Gasteiger partial charge in [-0.05, 0) is 55.8 Å². The summed E-state index contributed by atoms with van der Waals surface area (Å²) in [4.78, 5) is 23.9. The lowest BCUT2D eigenvalue weighted by Gasteiger charge is -2.12. The van der Waals surface area contributed by atoms with Crippen LogP contribution in [0.25, 0.3) is 6.08 Å².